The molecular weight excluding hydrogens is 352 g/mol. The standard InChI is InChI=1S/C19H24N2O4S/c1-25-13-19(18(23)24)10-11-21(12-19)17(22)9-5-4-8-16-20-14-6-2-3-7-15(14)26-16/h2-3,6-7H,4-5,8-13H2,1H3,(H,23,24). The molecule has 2 aromatic rings. The third kappa shape index (κ3) is 4.04. The largest absolute Gasteiger partial charge is 0.481 e. The maximum atomic E-state index is 12.4. The summed E-state index contributed by atoms with van der Waals surface area (Å²) < 4.78 is 6.26. The van der Waals surface area contributed by atoms with Crippen LogP contribution < -0.4 is 0 Å². The first-order valence-corrected chi connectivity index (χ1v) is 9.70. The van der Waals surface area contributed by atoms with Crippen LogP contribution in [0.5, 0.6) is 0 Å². The van der Waals surface area contributed by atoms with E-state index in [-0.39, 0.29) is 19.1 Å². The molecule has 1 aliphatic heterocycles. The molecule has 7 heteroatoms. The van der Waals surface area contributed by atoms with Gasteiger partial charge in [-0.3, -0.25) is 9.59 Å². The molecule has 0 bridgehead atoms. The van der Waals surface area contributed by atoms with Gasteiger partial charge in [0.25, 0.3) is 0 Å². The molecule has 140 valence electrons. The van der Waals surface area contributed by atoms with Gasteiger partial charge in [-0.1, -0.05) is 12.1 Å². The predicted octanol–water partition coefficient (Wildman–Crippen LogP) is 2.96. The number of methoxy groups -OCH3 is 1. The summed E-state index contributed by atoms with van der Waals surface area (Å²) in [5.41, 5.74) is 0.0783. The van der Waals surface area contributed by atoms with Crippen LogP contribution in [0.3, 0.4) is 0 Å². The number of nitrogens with zero attached hydrogens (tertiary/aromatic N) is 2. The number of thiazole rings is 1. The molecular formula is C19H24N2O4S. The molecule has 26 heavy (non-hydrogen) atoms. The molecule has 1 aliphatic rings. The maximum absolute atomic E-state index is 12.4. The van der Waals surface area contributed by atoms with Crippen molar-refractivity contribution in [1.82, 2.24) is 9.88 Å². The number of likely N-dealkylation sites (tertiary alicyclic amines) is 1. The number of hydrogen-bond acceptors (Lipinski definition) is 5. The summed E-state index contributed by atoms with van der Waals surface area (Å²) in [5.74, 6) is -0.848. The number of carbonyl (C=O) groups excluding carboxylic acids is 1. The molecule has 1 aromatic heterocycles. The highest BCUT2D eigenvalue weighted by molar-refractivity contribution is 7.18. The summed E-state index contributed by atoms with van der Waals surface area (Å²) in [7, 11) is 1.50. The summed E-state index contributed by atoms with van der Waals surface area (Å²) in [6, 6.07) is 8.09. The molecule has 1 saturated heterocycles. The lowest BCUT2D eigenvalue weighted by Gasteiger charge is -2.23. The third-order valence-corrected chi connectivity index (χ3v) is 6.05. The molecule has 1 aromatic carbocycles. The summed E-state index contributed by atoms with van der Waals surface area (Å²) in [6.07, 6.45) is 3.47. The Morgan fingerprint density at radius 1 is 1.35 bits per heavy atom. The van der Waals surface area contributed by atoms with Crippen LogP contribution in [0.1, 0.15) is 30.7 Å². The molecule has 2 heterocycles. The Kier molecular flexibility index (Phi) is 5.88. The van der Waals surface area contributed by atoms with Gasteiger partial charge >= 0.3 is 5.97 Å². The van der Waals surface area contributed by atoms with Gasteiger partial charge in [0.15, 0.2) is 0 Å². The Hall–Kier alpha value is -1.99. The minimum absolute atomic E-state index is 0.0357. The van der Waals surface area contributed by atoms with E-state index in [4.69, 9.17) is 4.74 Å². The Bertz CT molecular complexity index is 758. The second-order valence-electron chi connectivity index (χ2n) is 6.87. The fraction of sp³-hybridized carbons (Fsp3) is 0.526. The van der Waals surface area contributed by atoms with E-state index in [1.807, 2.05) is 18.2 Å². The van der Waals surface area contributed by atoms with Crippen LogP contribution in [-0.2, 0) is 20.7 Å². The second kappa shape index (κ2) is 8.14. The Balaban J connectivity index is 1.45. The maximum Gasteiger partial charge on any atom is 0.313 e. The molecule has 0 saturated carbocycles. The number of rotatable bonds is 8. The highest BCUT2D eigenvalue weighted by atomic mass is 32.1. The number of carbonyl (C=O) groups is 2. The summed E-state index contributed by atoms with van der Waals surface area (Å²) >= 11 is 1.70. The Morgan fingerprint density at radius 2 is 2.15 bits per heavy atom. The average molecular weight is 376 g/mol. The smallest absolute Gasteiger partial charge is 0.313 e. The monoisotopic (exact) mass is 376 g/mol. The molecule has 1 atom stereocenters. The lowest BCUT2D eigenvalue weighted by molar-refractivity contribution is -0.151. The van der Waals surface area contributed by atoms with E-state index >= 15 is 0 Å². The number of amides is 1. The lowest BCUT2D eigenvalue weighted by atomic mass is 9.88. The lowest BCUT2D eigenvalue weighted by Crippen LogP contribution is -2.40. The van der Waals surface area contributed by atoms with E-state index in [1.54, 1.807) is 16.2 Å². The van der Waals surface area contributed by atoms with Crippen molar-refractivity contribution in [2.45, 2.75) is 32.1 Å². The van der Waals surface area contributed by atoms with Gasteiger partial charge in [-0.15, -0.1) is 11.3 Å². The Morgan fingerprint density at radius 3 is 2.88 bits per heavy atom. The number of carboxylic acid groups (broad SMARTS) is 1. The number of aryl methyl sites for hydroxylation is 1. The van der Waals surface area contributed by atoms with Gasteiger partial charge in [-0.2, -0.15) is 0 Å². The van der Waals surface area contributed by atoms with E-state index < -0.39 is 11.4 Å². The van der Waals surface area contributed by atoms with Gasteiger partial charge in [-0.05, 0) is 37.8 Å². The minimum Gasteiger partial charge on any atom is -0.481 e. The summed E-state index contributed by atoms with van der Waals surface area (Å²) in [4.78, 5) is 30.2. The third-order valence-electron chi connectivity index (χ3n) is 4.95. The van der Waals surface area contributed by atoms with Crippen LogP contribution in [0.15, 0.2) is 24.3 Å². The topological polar surface area (TPSA) is 79.7 Å². The first-order chi connectivity index (χ1) is 12.5. The second-order valence-corrected chi connectivity index (χ2v) is 7.98. The van der Waals surface area contributed by atoms with Crippen LogP contribution in [0, 0.1) is 5.41 Å². The first-order valence-electron chi connectivity index (χ1n) is 8.89. The number of benzene rings is 1. The van der Waals surface area contributed by atoms with Gasteiger partial charge in [-0.25, -0.2) is 4.98 Å². The molecule has 0 aliphatic carbocycles. The van der Waals surface area contributed by atoms with Gasteiger partial charge < -0.3 is 14.7 Å². The number of carboxylic acids is 1. The summed E-state index contributed by atoms with van der Waals surface area (Å²) in [6.45, 7) is 0.878. The highest BCUT2D eigenvalue weighted by Crippen LogP contribution is 2.32. The number of ether oxygens (including phenoxy) is 1. The molecule has 0 spiro atoms. The van der Waals surface area contributed by atoms with E-state index in [0.717, 1.165) is 29.8 Å². The van der Waals surface area contributed by atoms with Crippen molar-refractivity contribution in [1.29, 1.82) is 0 Å². The van der Waals surface area contributed by atoms with Gasteiger partial charge in [0.05, 0.1) is 21.8 Å². The minimum atomic E-state index is -0.953. The predicted molar refractivity (Wildman–Crippen MR) is 100 cm³/mol. The highest BCUT2D eigenvalue weighted by Gasteiger charge is 2.46. The molecule has 1 amide bonds. The van der Waals surface area contributed by atoms with Crippen molar-refractivity contribution in [3.8, 4) is 0 Å². The zero-order valence-corrected chi connectivity index (χ0v) is 15.8. The molecule has 6 nitrogen and oxygen atoms in total. The van der Waals surface area contributed by atoms with Crippen molar-refractivity contribution in [3.05, 3.63) is 29.3 Å². The SMILES string of the molecule is COCC1(C(=O)O)CCN(C(=O)CCCCc2nc3ccccc3s2)C1. The van der Waals surface area contributed by atoms with Gasteiger partial charge in [0, 0.05) is 26.6 Å². The first kappa shape index (κ1) is 18.8. The van der Waals surface area contributed by atoms with Crippen molar-refractivity contribution in [3.63, 3.8) is 0 Å². The van der Waals surface area contributed by atoms with Crippen LogP contribution in [0.25, 0.3) is 10.2 Å². The number of aromatic nitrogens is 1. The van der Waals surface area contributed by atoms with E-state index in [2.05, 4.69) is 11.1 Å². The van der Waals surface area contributed by atoms with Crippen LogP contribution in [0.2, 0.25) is 0 Å². The molecule has 1 unspecified atom stereocenters. The quantitative estimate of drug-likeness (QED) is 0.717. The van der Waals surface area contributed by atoms with E-state index in [0.29, 0.717) is 19.4 Å². The van der Waals surface area contributed by atoms with Crippen molar-refractivity contribution in [2.75, 3.05) is 26.8 Å². The van der Waals surface area contributed by atoms with Gasteiger partial charge in [0.1, 0.15) is 5.41 Å². The van der Waals surface area contributed by atoms with Crippen LogP contribution >= 0.6 is 11.3 Å². The number of unbranched alkanes of at least 4 members (excludes halogenated alkanes) is 1. The molecule has 0 radical (unpaired) electrons. The fourth-order valence-electron chi connectivity index (χ4n) is 3.45. The number of fused-ring (bicyclic) bond motifs is 1. The number of para-hydroxylation sites is 1. The molecule has 3 rings (SSSR count). The number of aliphatic carboxylic acids is 1. The van der Waals surface area contributed by atoms with Crippen LogP contribution in [-0.4, -0.2) is 53.7 Å². The molecule has 1 N–H and O–H groups in total. The Labute approximate surface area is 156 Å². The zero-order chi connectivity index (χ0) is 18.6. The zero-order valence-electron chi connectivity index (χ0n) is 14.9. The van der Waals surface area contributed by atoms with Crippen LogP contribution in [0.4, 0.5) is 0 Å². The average Bonchev–Trinajstić information content (AvgIpc) is 3.23. The summed E-state index contributed by atoms with van der Waals surface area (Å²) in [5, 5.41) is 10.6. The number of hydrogen-bond donors (Lipinski definition) is 1. The van der Waals surface area contributed by atoms with Crippen molar-refractivity contribution >= 4 is 33.4 Å². The van der Waals surface area contributed by atoms with Crippen molar-refractivity contribution in [2.24, 2.45) is 5.41 Å². The van der Waals surface area contributed by atoms with E-state index in [1.165, 1.54) is 11.8 Å². The fourth-order valence-corrected chi connectivity index (χ4v) is 4.46. The molecule has 1 fully saturated rings. The van der Waals surface area contributed by atoms with Crippen molar-refractivity contribution < 1.29 is 19.4 Å². The normalized spacial score (nSPS) is 20.0. The van der Waals surface area contributed by atoms with E-state index in [9.17, 15) is 14.7 Å². The van der Waals surface area contributed by atoms with Gasteiger partial charge in [0.2, 0.25) is 5.91 Å².